The highest BCUT2D eigenvalue weighted by Gasteiger charge is 2.37. The second-order valence-electron chi connectivity index (χ2n) is 10.5. The Morgan fingerprint density at radius 2 is 1.64 bits per heavy atom. The lowest BCUT2D eigenvalue weighted by atomic mass is 9.76. The van der Waals surface area contributed by atoms with Crippen LogP contribution in [0.15, 0.2) is 24.3 Å². The number of carbonyl (C=O) groups excluding carboxylic acids is 2. The van der Waals surface area contributed by atoms with Gasteiger partial charge in [-0.3, -0.25) is 5.41 Å². The van der Waals surface area contributed by atoms with Crippen molar-refractivity contribution in [3.8, 4) is 0 Å². The van der Waals surface area contributed by atoms with Crippen LogP contribution in [0, 0.1) is 5.41 Å². The number of hydrogen-bond donors (Lipinski definition) is 3. The van der Waals surface area contributed by atoms with E-state index in [1.54, 1.807) is 27.7 Å². The molecule has 0 radical (unpaired) electrons. The number of carbonyl (C=O) groups is 2. The van der Waals surface area contributed by atoms with Gasteiger partial charge in [-0.2, -0.15) is 0 Å². The van der Waals surface area contributed by atoms with Gasteiger partial charge in [0.1, 0.15) is 11.2 Å². The van der Waals surface area contributed by atoms with Crippen molar-refractivity contribution in [2.24, 2.45) is 0 Å². The molecule has 0 bridgehead atoms. The zero-order valence-corrected chi connectivity index (χ0v) is 21.1. The van der Waals surface area contributed by atoms with E-state index in [4.69, 9.17) is 14.9 Å². The van der Waals surface area contributed by atoms with Gasteiger partial charge in [0.15, 0.2) is 0 Å². The van der Waals surface area contributed by atoms with Crippen LogP contribution in [-0.4, -0.2) is 40.8 Å². The van der Waals surface area contributed by atoms with Gasteiger partial charge in [-0.1, -0.05) is 31.4 Å². The summed E-state index contributed by atoms with van der Waals surface area (Å²) in [5, 5.41) is 14.6. The quantitative estimate of drug-likeness (QED) is 0.379. The van der Waals surface area contributed by atoms with E-state index >= 15 is 0 Å². The Morgan fingerprint density at radius 1 is 1.03 bits per heavy atom. The molecule has 1 aliphatic rings. The monoisotopic (exact) mass is 460 g/mol. The number of rotatable bonds is 4. The van der Waals surface area contributed by atoms with Crippen LogP contribution < -0.4 is 10.6 Å². The van der Waals surface area contributed by atoms with Gasteiger partial charge in [-0.05, 0) is 79.0 Å². The van der Waals surface area contributed by atoms with Gasteiger partial charge >= 0.3 is 12.2 Å². The molecule has 0 aromatic heterocycles. The maximum absolute atomic E-state index is 12.6. The van der Waals surface area contributed by atoms with Crippen molar-refractivity contribution in [2.45, 2.75) is 97.3 Å². The van der Waals surface area contributed by atoms with E-state index in [1.165, 1.54) is 4.90 Å². The molecule has 1 aliphatic carbocycles. The smallest absolute Gasteiger partial charge is 0.417 e. The topological polar surface area (TPSA) is 104 Å². The zero-order chi connectivity index (χ0) is 24.9. The van der Waals surface area contributed by atoms with Crippen molar-refractivity contribution in [2.75, 3.05) is 11.9 Å². The molecule has 0 unspecified atom stereocenters. The second kappa shape index (κ2) is 10.4. The van der Waals surface area contributed by atoms with Crippen LogP contribution >= 0.6 is 0 Å². The Morgan fingerprint density at radius 3 is 2.18 bits per heavy atom. The molecule has 3 N–H and O–H groups in total. The highest BCUT2D eigenvalue weighted by Crippen LogP contribution is 2.38. The van der Waals surface area contributed by atoms with Crippen LogP contribution in [0.5, 0.6) is 0 Å². The Kier molecular flexibility index (Phi) is 8.38. The predicted octanol–water partition coefficient (Wildman–Crippen LogP) is 5.97. The molecule has 0 atom stereocenters. The predicted molar refractivity (Wildman–Crippen MR) is 131 cm³/mol. The average molecular weight is 461 g/mol. The number of amides is 2. The van der Waals surface area contributed by atoms with Gasteiger partial charge < -0.3 is 20.1 Å². The highest BCUT2D eigenvalue weighted by molar-refractivity contribution is 6.00. The van der Waals surface area contributed by atoms with Crippen molar-refractivity contribution >= 4 is 23.8 Å². The summed E-state index contributed by atoms with van der Waals surface area (Å²) in [5.41, 5.74) is -0.146. The van der Waals surface area contributed by atoms with Gasteiger partial charge in [0.2, 0.25) is 5.96 Å². The summed E-state index contributed by atoms with van der Waals surface area (Å²) in [5.74, 6) is -0.0679. The third-order valence-corrected chi connectivity index (χ3v) is 5.33. The Bertz CT molecular complexity index is 849. The van der Waals surface area contributed by atoms with Crippen LogP contribution in [0.3, 0.4) is 0 Å². The first kappa shape index (κ1) is 26.5. The van der Waals surface area contributed by atoms with Crippen LogP contribution in [0.4, 0.5) is 15.3 Å². The normalized spacial score (nSPS) is 15.8. The van der Waals surface area contributed by atoms with Crippen molar-refractivity contribution < 1.29 is 19.1 Å². The van der Waals surface area contributed by atoms with E-state index in [0.29, 0.717) is 12.2 Å². The summed E-state index contributed by atoms with van der Waals surface area (Å²) >= 11 is 0. The summed E-state index contributed by atoms with van der Waals surface area (Å²) in [4.78, 5) is 26.4. The number of nitrogens with one attached hydrogen (secondary N) is 3. The molecule has 1 aromatic rings. The molecular weight excluding hydrogens is 420 g/mol. The molecule has 1 fully saturated rings. The number of alkyl carbamates (subject to hydrolysis) is 1. The maximum atomic E-state index is 12.6. The first-order valence-electron chi connectivity index (χ1n) is 11.7. The molecule has 0 heterocycles. The lowest BCUT2D eigenvalue weighted by Crippen LogP contribution is -2.49. The summed E-state index contributed by atoms with van der Waals surface area (Å²) in [6, 6.07) is 7.65. The number of ether oxygens (including phenoxy) is 2. The van der Waals surface area contributed by atoms with Gasteiger partial charge in [-0.15, -0.1) is 0 Å². The Balaban J connectivity index is 2.23. The summed E-state index contributed by atoms with van der Waals surface area (Å²) < 4.78 is 10.9. The lowest BCUT2D eigenvalue weighted by molar-refractivity contribution is 0.0372. The largest absolute Gasteiger partial charge is 0.444 e. The summed E-state index contributed by atoms with van der Waals surface area (Å²) in [6.45, 7) is 13.0. The molecule has 33 heavy (non-hydrogen) atoms. The first-order valence-corrected chi connectivity index (χ1v) is 11.7. The maximum Gasteiger partial charge on any atom is 0.417 e. The van der Waals surface area contributed by atoms with E-state index in [9.17, 15) is 9.59 Å². The third-order valence-electron chi connectivity index (χ3n) is 5.33. The van der Waals surface area contributed by atoms with Crippen molar-refractivity contribution in [1.29, 1.82) is 5.41 Å². The Labute approximate surface area is 197 Å². The molecule has 1 saturated carbocycles. The van der Waals surface area contributed by atoms with E-state index in [-0.39, 0.29) is 5.96 Å². The molecule has 184 valence electrons. The zero-order valence-electron chi connectivity index (χ0n) is 21.1. The number of nitrogens with zero attached hydrogens (tertiary/aromatic N) is 1. The van der Waals surface area contributed by atoms with Gasteiger partial charge in [-0.25, -0.2) is 14.5 Å². The Hall–Kier alpha value is -2.77. The van der Waals surface area contributed by atoms with Crippen molar-refractivity contribution in [3.05, 3.63) is 29.8 Å². The minimum Gasteiger partial charge on any atom is -0.444 e. The minimum atomic E-state index is -0.647. The van der Waals surface area contributed by atoms with Gasteiger partial charge in [0.05, 0.1) is 5.54 Å². The van der Waals surface area contributed by atoms with E-state index in [0.717, 1.165) is 37.7 Å². The molecule has 0 spiro atoms. The highest BCUT2D eigenvalue weighted by atomic mass is 16.6. The fraction of sp³-hybridized carbons (Fsp3) is 0.640. The molecule has 0 saturated heterocycles. The number of benzene rings is 1. The molecule has 2 amide bonds. The number of guanidine groups is 1. The molecule has 0 aliphatic heterocycles. The molecule has 1 aromatic carbocycles. The van der Waals surface area contributed by atoms with Crippen LogP contribution in [0.1, 0.15) is 86.1 Å². The molecule has 8 heteroatoms. The average Bonchev–Trinajstić information content (AvgIpc) is 2.66. The van der Waals surface area contributed by atoms with Crippen LogP contribution in [0.2, 0.25) is 0 Å². The van der Waals surface area contributed by atoms with E-state index < -0.39 is 28.9 Å². The van der Waals surface area contributed by atoms with Crippen molar-refractivity contribution in [1.82, 2.24) is 10.2 Å². The van der Waals surface area contributed by atoms with Gasteiger partial charge in [0.25, 0.3) is 0 Å². The first-order chi connectivity index (χ1) is 15.2. The fourth-order valence-corrected chi connectivity index (χ4v) is 3.93. The summed E-state index contributed by atoms with van der Waals surface area (Å²) in [7, 11) is 0. The number of hydrogen-bond acceptors (Lipinski definition) is 5. The third kappa shape index (κ3) is 7.94. The van der Waals surface area contributed by atoms with E-state index in [1.807, 2.05) is 45.0 Å². The SMILES string of the molecule is CCN(C(=N)Nc1cccc(C2(NC(=O)OC(C)(C)C)CCCCC2)c1)C(=O)OC(C)(C)C. The summed E-state index contributed by atoms with van der Waals surface area (Å²) in [6.07, 6.45) is 3.75. The van der Waals surface area contributed by atoms with Crippen molar-refractivity contribution in [3.63, 3.8) is 0 Å². The number of anilines is 1. The van der Waals surface area contributed by atoms with E-state index in [2.05, 4.69) is 10.6 Å². The minimum absolute atomic E-state index is 0.0679. The van der Waals surface area contributed by atoms with Crippen LogP contribution in [0.25, 0.3) is 0 Å². The fourth-order valence-electron chi connectivity index (χ4n) is 3.93. The van der Waals surface area contributed by atoms with Crippen LogP contribution in [-0.2, 0) is 15.0 Å². The standard InChI is InChI=1S/C25H40N4O4/c1-8-29(22(31)33-24(5,6)7)20(26)27-19-14-12-13-18(17-19)25(15-10-9-11-16-25)28-21(30)32-23(2,3)4/h12-14,17H,8-11,15-16H2,1-7H3,(H2,26,27)(H,28,30). The molecule has 8 nitrogen and oxygen atoms in total. The van der Waals surface area contributed by atoms with Gasteiger partial charge in [0, 0.05) is 12.2 Å². The lowest BCUT2D eigenvalue weighted by Gasteiger charge is -2.39. The second-order valence-corrected chi connectivity index (χ2v) is 10.5. The molecular formula is C25H40N4O4. The molecule has 2 rings (SSSR count).